The summed E-state index contributed by atoms with van der Waals surface area (Å²) in [6.45, 7) is -0.898. The Balaban J connectivity index is 2.16. The monoisotopic (exact) mass is 182 g/mol. The van der Waals surface area contributed by atoms with Gasteiger partial charge in [0, 0.05) is 12.1 Å². The van der Waals surface area contributed by atoms with Gasteiger partial charge in [-0.25, -0.2) is 0 Å². The SMILES string of the molecule is N[C@@H]1CC[C@@H](NCC(F)(F)F)C1. The quantitative estimate of drug-likeness (QED) is 0.669. The number of hydrogen-bond donors (Lipinski definition) is 2. The summed E-state index contributed by atoms with van der Waals surface area (Å²) in [7, 11) is 0. The highest BCUT2D eigenvalue weighted by atomic mass is 19.4. The number of nitrogens with two attached hydrogens (primary N) is 1. The fourth-order valence-corrected chi connectivity index (χ4v) is 1.46. The molecule has 1 rings (SSSR count). The van der Waals surface area contributed by atoms with Crippen molar-refractivity contribution >= 4 is 0 Å². The van der Waals surface area contributed by atoms with Gasteiger partial charge in [-0.2, -0.15) is 13.2 Å². The highest BCUT2D eigenvalue weighted by Gasteiger charge is 2.30. The van der Waals surface area contributed by atoms with Gasteiger partial charge in [0.2, 0.25) is 0 Å². The van der Waals surface area contributed by atoms with Crippen LogP contribution in [0.25, 0.3) is 0 Å². The van der Waals surface area contributed by atoms with Crippen LogP contribution >= 0.6 is 0 Å². The van der Waals surface area contributed by atoms with E-state index in [0.29, 0.717) is 6.42 Å². The summed E-state index contributed by atoms with van der Waals surface area (Å²) < 4.78 is 35.1. The molecule has 0 bridgehead atoms. The standard InChI is InChI=1S/C7H13F3N2/c8-7(9,10)4-12-6-2-1-5(11)3-6/h5-6,12H,1-4,11H2/t5-,6-/m1/s1. The zero-order chi connectivity index (χ0) is 9.19. The molecule has 0 radical (unpaired) electrons. The van der Waals surface area contributed by atoms with E-state index in [9.17, 15) is 13.2 Å². The van der Waals surface area contributed by atoms with Crippen LogP contribution in [0.3, 0.4) is 0 Å². The van der Waals surface area contributed by atoms with E-state index in [1.165, 1.54) is 0 Å². The van der Waals surface area contributed by atoms with Crippen LogP contribution in [0.5, 0.6) is 0 Å². The number of nitrogens with one attached hydrogen (secondary N) is 1. The van der Waals surface area contributed by atoms with Gasteiger partial charge in [-0.1, -0.05) is 0 Å². The number of halogens is 3. The minimum Gasteiger partial charge on any atom is -0.328 e. The molecule has 1 fully saturated rings. The van der Waals surface area contributed by atoms with Crippen LogP contribution in [0.4, 0.5) is 13.2 Å². The van der Waals surface area contributed by atoms with Crippen molar-refractivity contribution in [3.8, 4) is 0 Å². The van der Waals surface area contributed by atoms with E-state index in [4.69, 9.17) is 5.73 Å². The van der Waals surface area contributed by atoms with Crippen LogP contribution in [0.2, 0.25) is 0 Å². The highest BCUT2D eigenvalue weighted by molar-refractivity contribution is 4.83. The molecule has 0 amide bonds. The largest absolute Gasteiger partial charge is 0.401 e. The molecule has 0 aliphatic heterocycles. The summed E-state index contributed by atoms with van der Waals surface area (Å²) in [5.74, 6) is 0. The molecule has 0 aromatic rings. The van der Waals surface area contributed by atoms with Crippen molar-refractivity contribution in [1.29, 1.82) is 0 Å². The average Bonchev–Trinajstić information content (AvgIpc) is 2.30. The third-order valence-electron chi connectivity index (χ3n) is 2.06. The molecule has 3 N–H and O–H groups in total. The average molecular weight is 182 g/mol. The second-order valence-electron chi connectivity index (χ2n) is 3.27. The van der Waals surface area contributed by atoms with E-state index in [-0.39, 0.29) is 12.1 Å². The first kappa shape index (κ1) is 9.80. The molecule has 0 unspecified atom stereocenters. The third kappa shape index (κ3) is 3.40. The smallest absolute Gasteiger partial charge is 0.328 e. The van der Waals surface area contributed by atoms with E-state index in [2.05, 4.69) is 5.32 Å². The van der Waals surface area contributed by atoms with E-state index in [0.717, 1.165) is 12.8 Å². The molecule has 1 aliphatic carbocycles. The van der Waals surface area contributed by atoms with Crippen molar-refractivity contribution in [2.75, 3.05) is 6.54 Å². The zero-order valence-corrected chi connectivity index (χ0v) is 6.69. The van der Waals surface area contributed by atoms with Crippen LogP contribution < -0.4 is 11.1 Å². The molecule has 72 valence electrons. The highest BCUT2D eigenvalue weighted by Crippen LogP contribution is 2.19. The first-order valence-corrected chi connectivity index (χ1v) is 4.03. The van der Waals surface area contributed by atoms with Gasteiger partial charge in [0.05, 0.1) is 6.54 Å². The lowest BCUT2D eigenvalue weighted by molar-refractivity contribution is -0.126. The van der Waals surface area contributed by atoms with Crippen molar-refractivity contribution in [2.45, 2.75) is 37.5 Å². The lowest BCUT2D eigenvalue weighted by Gasteiger charge is -2.13. The maximum Gasteiger partial charge on any atom is 0.401 e. The molecule has 0 spiro atoms. The van der Waals surface area contributed by atoms with Crippen LogP contribution in [0.15, 0.2) is 0 Å². The van der Waals surface area contributed by atoms with Gasteiger partial charge in [-0.15, -0.1) is 0 Å². The predicted octanol–water partition coefficient (Wildman–Crippen LogP) is 1.02. The number of rotatable bonds is 2. The van der Waals surface area contributed by atoms with Gasteiger partial charge in [0.1, 0.15) is 0 Å². The molecule has 1 saturated carbocycles. The van der Waals surface area contributed by atoms with E-state index < -0.39 is 12.7 Å². The zero-order valence-electron chi connectivity index (χ0n) is 6.69. The molecule has 0 saturated heterocycles. The predicted molar refractivity (Wildman–Crippen MR) is 39.7 cm³/mol. The number of hydrogen-bond acceptors (Lipinski definition) is 2. The lowest BCUT2D eigenvalue weighted by Crippen LogP contribution is -2.36. The van der Waals surface area contributed by atoms with Gasteiger partial charge in [0.25, 0.3) is 0 Å². The minimum atomic E-state index is -4.10. The topological polar surface area (TPSA) is 38.0 Å². The Morgan fingerprint density at radius 1 is 1.33 bits per heavy atom. The van der Waals surface area contributed by atoms with E-state index >= 15 is 0 Å². The lowest BCUT2D eigenvalue weighted by atomic mass is 10.2. The first-order chi connectivity index (χ1) is 5.47. The molecule has 2 atom stereocenters. The third-order valence-corrected chi connectivity index (χ3v) is 2.06. The second kappa shape index (κ2) is 3.62. The Morgan fingerprint density at radius 2 is 2.00 bits per heavy atom. The molecule has 0 aromatic heterocycles. The van der Waals surface area contributed by atoms with Crippen molar-refractivity contribution < 1.29 is 13.2 Å². The van der Waals surface area contributed by atoms with Crippen molar-refractivity contribution in [2.24, 2.45) is 5.73 Å². The van der Waals surface area contributed by atoms with Crippen LogP contribution in [-0.2, 0) is 0 Å². The minimum absolute atomic E-state index is 0.0402. The molecular formula is C7H13F3N2. The van der Waals surface area contributed by atoms with Crippen molar-refractivity contribution in [3.05, 3.63) is 0 Å². The van der Waals surface area contributed by atoms with Crippen LogP contribution in [-0.4, -0.2) is 24.8 Å². The summed E-state index contributed by atoms with van der Waals surface area (Å²) in [6.07, 6.45) is -1.85. The second-order valence-corrected chi connectivity index (χ2v) is 3.27. The fraction of sp³-hybridized carbons (Fsp3) is 1.00. The maximum atomic E-state index is 11.7. The molecule has 2 nitrogen and oxygen atoms in total. The van der Waals surface area contributed by atoms with Crippen LogP contribution in [0, 0.1) is 0 Å². The van der Waals surface area contributed by atoms with Crippen molar-refractivity contribution in [3.63, 3.8) is 0 Å². The Hall–Kier alpha value is -0.290. The number of alkyl halides is 3. The van der Waals surface area contributed by atoms with E-state index in [1.807, 2.05) is 0 Å². The molecule has 0 heterocycles. The van der Waals surface area contributed by atoms with Gasteiger partial charge in [-0.05, 0) is 19.3 Å². The summed E-state index contributed by atoms with van der Waals surface area (Å²) in [5, 5.41) is 2.45. The summed E-state index contributed by atoms with van der Waals surface area (Å²) in [6, 6.07) is 0.0392. The van der Waals surface area contributed by atoms with Gasteiger partial charge < -0.3 is 11.1 Å². The maximum absolute atomic E-state index is 11.7. The summed E-state index contributed by atoms with van der Waals surface area (Å²) in [5.41, 5.74) is 5.54. The molecular weight excluding hydrogens is 169 g/mol. The summed E-state index contributed by atoms with van der Waals surface area (Å²) in [4.78, 5) is 0. The van der Waals surface area contributed by atoms with Crippen molar-refractivity contribution in [1.82, 2.24) is 5.32 Å². The van der Waals surface area contributed by atoms with Gasteiger partial charge >= 0.3 is 6.18 Å². The molecule has 1 aliphatic rings. The molecule has 5 heteroatoms. The molecule has 0 aromatic carbocycles. The molecule has 12 heavy (non-hydrogen) atoms. The Bertz CT molecular complexity index is 146. The first-order valence-electron chi connectivity index (χ1n) is 4.03. The van der Waals surface area contributed by atoms with Crippen LogP contribution in [0.1, 0.15) is 19.3 Å². The fourth-order valence-electron chi connectivity index (χ4n) is 1.46. The van der Waals surface area contributed by atoms with E-state index in [1.54, 1.807) is 0 Å². The Kier molecular flexibility index (Phi) is 2.95. The van der Waals surface area contributed by atoms with Gasteiger partial charge in [-0.3, -0.25) is 0 Å². The van der Waals surface area contributed by atoms with Gasteiger partial charge in [0.15, 0.2) is 0 Å². The summed E-state index contributed by atoms with van der Waals surface area (Å²) >= 11 is 0. The Morgan fingerprint density at radius 3 is 2.42 bits per heavy atom. The normalized spacial score (nSPS) is 31.0. The Labute approximate surface area is 69.3 Å².